The second-order valence-electron chi connectivity index (χ2n) is 5.05. The molecule has 0 bridgehead atoms. The van der Waals surface area contributed by atoms with E-state index in [0.717, 1.165) is 0 Å². The first-order valence-electron chi connectivity index (χ1n) is 7.55. The third-order valence-corrected chi connectivity index (χ3v) is 3.65. The van der Waals surface area contributed by atoms with Crippen LogP contribution in [0.25, 0.3) is 0 Å². The minimum absolute atomic E-state index is 0.0320. The number of nitrogens with zero attached hydrogens (tertiary/aromatic N) is 3. The van der Waals surface area contributed by atoms with Crippen molar-refractivity contribution < 1.29 is 4.79 Å². The van der Waals surface area contributed by atoms with Gasteiger partial charge in [-0.3, -0.25) is 4.79 Å². The summed E-state index contributed by atoms with van der Waals surface area (Å²) in [6.45, 7) is 8.02. The predicted octanol–water partition coefficient (Wildman–Crippen LogP) is 2.88. The summed E-state index contributed by atoms with van der Waals surface area (Å²) < 4.78 is 0. The van der Waals surface area contributed by atoms with E-state index in [-0.39, 0.29) is 5.91 Å². The molecule has 1 heterocycles. The molecule has 0 spiro atoms. The summed E-state index contributed by atoms with van der Waals surface area (Å²) in [5, 5.41) is 3.18. The maximum absolute atomic E-state index is 12.2. The van der Waals surface area contributed by atoms with E-state index >= 15 is 0 Å². The summed E-state index contributed by atoms with van der Waals surface area (Å²) in [5.74, 6) is 0.495. The van der Waals surface area contributed by atoms with Crippen molar-refractivity contribution in [2.75, 3.05) is 18.4 Å². The largest absolute Gasteiger partial charge is 0.350 e. The Kier molecular flexibility index (Phi) is 5.47. The molecule has 0 saturated heterocycles. The fraction of sp³-hybridized carbons (Fsp3) is 0.353. The van der Waals surface area contributed by atoms with Crippen LogP contribution in [0.1, 0.15) is 35.3 Å². The van der Waals surface area contributed by atoms with Gasteiger partial charge in [0, 0.05) is 32.0 Å². The van der Waals surface area contributed by atoms with E-state index < -0.39 is 0 Å². The Morgan fingerprint density at radius 1 is 1.14 bits per heavy atom. The topological polar surface area (TPSA) is 58.1 Å². The van der Waals surface area contributed by atoms with Crippen LogP contribution in [0.15, 0.2) is 36.7 Å². The number of anilines is 1. The van der Waals surface area contributed by atoms with Crippen LogP contribution >= 0.6 is 0 Å². The quantitative estimate of drug-likeness (QED) is 0.891. The zero-order valence-electron chi connectivity index (χ0n) is 13.3. The number of benzene rings is 1. The molecular formula is C17H22N4O. The lowest BCUT2D eigenvalue weighted by Gasteiger charge is -2.18. The van der Waals surface area contributed by atoms with E-state index in [2.05, 4.69) is 34.3 Å². The number of aryl methyl sites for hydroxylation is 1. The van der Waals surface area contributed by atoms with Crippen molar-refractivity contribution in [1.82, 2.24) is 14.9 Å². The molecule has 0 aliphatic heterocycles. The number of carbonyl (C=O) groups is 1. The van der Waals surface area contributed by atoms with Crippen molar-refractivity contribution in [3.63, 3.8) is 0 Å². The number of hydrogen-bond acceptors (Lipinski definition) is 4. The molecule has 1 amide bonds. The van der Waals surface area contributed by atoms with Crippen molar-refractivity contribution in [3.05, 3.63) is 53.3 Å². The van der Waals surface area contributed by atoms with E-state index in [4.69, 9.17) is 0 Å². The van der Waals surface area contributed by atoms with E-state index in [1.54, 1.807) is 17.3 Å². The minimum Gasteiger partial charge on any atom is -0.350 e. The lowest BCUT2D eigenvalue weighted by atomic mass is 10.1. The zero-order chi connectivity index (χ0) is 15.9. The molecule has 0 unspecified atom stereocenters. The summed E-state index contributed by atoms with van der Waals surface area (Å²) in [4.78, 5) is 22.4. The third kappa shape index (κ3) is 3.81. The van der Waals surface area contributed by atoms with Crippen LogP contribution in [-0.2, 0) is 6.54 Å². The Morgan fingerprint density at radius 3 is 2.36 bits per heavy atom. The van der Waals surface area contributed by atoms with Crippen LogP contribution in [0.2, 0.25) is 0 Å². The van der Waals surface area contributed by atoms with Gasteiger partial charge in [0.1, 0.15) is 0 Å². The molecule has 0 atom stereocenters. The van der Waals surface area contributed by atoms with Crippen LogP contribution in [0.5, 0.6) is 0 Å². The van der Waals surface area contributed by atoms with Gasteiger partial charge in [0.15, 0.2) is 0 Å². The summed E-state index contributed by atoms with van der Waals surface area (Å²) in [6, 6.07) is 8.17. The van der Waals surface area contributed by atoms with Gasteiger partial charge in [-0.2, -0.15) is 0 Å². The molecule has 5 nitrogen and oxygen atoms in total. The first-order valence-corrected chi connectivity index (χ1v) is 7.55. The van der Waals surface area contributed by atoms with Gasteiger partial charge in [-0.25, -0.2) is 9.97 Å². The van der Waals surface area contributed by atoms with Crippen molar-refractivity contribution in [2.24, 2.45) is 0 Å². The number of hydrogen-bond donors (Lipinski definition) is 1. The summed E-state index contributed by atoms with van der Waals surface area (Å²) in [6.07, 6.45) is 3.15. The smallest absolute Gasteiger partial charge is 0.256 e. The van der Waals surface area contributed by atoms with E-state index in [1.165, 1.54) is 11.1 Å². The van der Waals surface area contributed by atoms with Crippen molar-refractivity contribution in [2.45, 2.75) is 27.3 Å². The Labute approximate surface area is 131 Å². The van der Waals surface area contributed by atoms with Gasteiger partial charge >= 0.3 is 0 Å². The van der Waals surface area contributed by atoms with Gasteiger partial charge < -0.3 is 10.2 Å². The van der Waals surface area contributed by atoms with Crippen LogP contribution in [-0.4, -0.2) is 33.9 Å². The first-order chi connectivity index (χ1) is 10.7. The van der Waals surface area contributed by atoms with Gasteiger partial charge in [0.05, 0.1) is 5.56 Å². The summed E-state index contributed by atoms with van der Waals surface area (Å²) in [7, 11) is 0. The summed E-state index contributed by atoms with van der Waals surface area (Å²) in [5.41, 5.74) is 2.95. The highest BCUT2D eigenvalue weighted by atomic mass is 16.2. The molecule has 2 aromatic rings. The Balaban J connectivity index is 2.00. The molecule has 0 fully saturated rings. The second kappa shape index (κ2) is 7.54. The molecular weight excluding hydrogens is 276 g/mol. The van der Waals surface area contributed by atoms with E-state index in [0.29, 0.717) is 31.1 Å². The molecule has 1 N–H and O–H groups in total. The molecule has 2 rings (SSSR count). The van der Waals surface area contributed by atoms with Crippen LogP contribution in [0, 0.1) is 6.92 Å². The Hall–Kier alpha value is -2.43. The van der Waals surface area contributed by atoms with Crippen molar-refractivity contribution in [1.29, 1.82) is 0 Å². The predicted molar refractivity (Wildman–Crippen MR) is 87.8 cm³/mol. The van der Waals surface area contributed by atoms with Crippen molar-refractivity contribution in [3.8, 4) is 0 Å². The molecule has 1 aromatic carbocycles. The molecule has 1 aromatic heterocycles. The molecule has 116 valence electrons. The van der Waals surface area contributed by atoms with Crippen LogP contribution in [0.3, 0.4) is 0 Å². The van der Waals surface area contributed by atoms with Gasteiger partial charge in [-0.05, 0) is 31.9 Å². The average molecular weight is 298 g/mol. The van der Waals surface area contributed by atoms with Gasteiger partial charge in [0.25, 0.3) is 5.91 Å². The highest BCUT2D eigenvalue weighted by Crippen LogP contribution is 2.10. The Morgan fingerprint density at radius 2 is 1.77 bits per heavy atom. The standard InChI is InChI=1S/C17H22N4O/c1-4-21(5-2)16(22)15-11-19-17(20-12-15)18-10-14-9-7-6-8-13(14)3/h6-9,11-12H,4-5,10H2,1-3H3,(H,18,19,20). The Bertz CT molecular complexity index is 621. The monoisotopic (exact) mass is 298 g/mol. The zero-order valence-corrected chi connectivity index (χ0v) is 13.3. The average Bonchev–Trinajstić information content (AvgIpc) is 2.55. The lowest BCUT2D eigenvalue weighted by Crippen LogP contribution is -2.30. The molecule has 5 heteroatoms. The number of rotatable bonds is 6. The highest BCUT2D eigenvalue weighted by Gasteiger charge is 2.13. The van der Waals surface area contributed by atoms with Gasteiger partial charge in [-0.15, -0.1) is 0 Å². The molecule has 0 radical (unpaired) electrons. The molecule has 0 saturated carbocycles. The van der Waals surface area contributed by atoms with E-state index in [9.17, 15) is 4.79 Å². The fourth-order valence-electron chi connectivity index (χ4n) is 2.21. The SMILES string of the molecule is CCN(CC)C(=O)c1cnc(NCc2ccccc2C)nc1. The molecule has 0 aliphatic carbocycles. The normalized spacial score (nSPS) is 10.3. The maximum atomic E-state index is 12.2. The maximum Gasteiger partial charge on any atom is 0.256 e. The van der Waals surface area contributed by atoms with Gasteiger partial charge in [-0.1, -0.05) is 24.3 Å². The van der Waals surface area contributed by atoms with Crippen molar-refractivity contribution >= 4 is 11.9 Å². The number of carbonyl (C=O) groups excluding carboxylic acids is 1. The highest BCUT2D eigenvalue weighted by molar-refractivity contribution is 5.93. The number of amides is 1. The van der Waals surface area contributed by atoms with Crippen LogP contribution in [0.4, 0.5) is 5.95 Å². The number of nitrogens with one attached hydrogen (secondary N) is 1. The molecule has 22 heavy (non-hydrogen) atoms. The molecule has 0 aliphatic rings. The van der Waals surface area contributed by atoms with E-state index in [1.807, 2.05) is 26.0 Å². The first kappa shape index (κ1) is 15.9. The lowest BCUT2D eigenvalue weighted by molar-refractivity contribution is 0.0772. The fourth-order valence-corrected chi connectivity index (χ4v) is 2.21. The second-order valence-corrected chi connectivity index (χ2v) is 5.05. The minimum atomic E-state index is -0.0320. The number of aromatic nitrogens is 2. The van der Waals surface area contributed by atoms with Crippen LogP contribution < -0.4 is 5.32 Å². The third-order valence-electron chi connectivity index (χ3n) is 3.65. The van der Waals surface area contributed by atoms with Gasteiger partial charge in [0.2, 0.25) is 5.95 Å². The summed E-state index contributed by atoms with van der Waals surface area (Å²) >= 11 is 0.